The third kappa shape index (κ3) is 6.26. The van der Waals surface area contributed by atoms with E-state index in [2.05, 4.69) is 21.2 Å². The normalized spacial score (nSPS) is 10.3. The van der Waals surface area contributed by atoms with Crippen LogP contribution in [0, 0.1) is 0 Å². The van der Waals surface area contributed by atoms with Gasteiger partial charge in [0.25, 0.3) is 0 Å². The van der Waals surface area contributed by atoms with Crippen molar-refractivity contribution in [1.82, 2.24) is 15.8 Å². The summed E-state index contributed by atoms with van der Waals surface area (Å²) >= 11 is 8.78. The van der Waals surface area contributed by atoms with Crippen molar-refractivity contribution in [3.8, 4) is 11.3 Å². The van der Waals surface area contributed by atoms with Gasteiger partial charge >= 0.3 is 6.03 Å². The molecule has 28 heavy (non-hydrogen) atoms. The largest absolute Gasteiger partial charge is 0.337 e. The number of thiazole rings is 1. The fraction of sp³-hybridized carbons (Fsp3) is 0.105. The van der Waals surface area contributed by atoms with Crippen LogP contribution in [0.2, 0.25) is 5.02 Å². The molecule has 0 spiro atoms. The second-order valence-corrected chi connectivity index (χ2v) is 7.98. The van der Waals surface area contributed by atoms with Gasteiger partial charge in [0.05, 0.1) is 11.4 Å². The number of anilines is 1. The van der Waals surface area contributed by atoms with Gasteiger partial charge in [0.15, 0.2) is 0 Å². The lowest BCUT2D eigenvalue weighted by Crippen LogP contribution is -2.44. The molecule has 3 amide bonds. The molecular weight excluding hydrogens is 416 g/mol. The summed E-state index contributed by atoms with van der Waals surface area (Å²) in [5, 5.41) is 6.12. The zero-order valence-corrected chi connectivity index (χ0v) is 17.0. The lowest BCUT2D eigenvalue weighted by atomic mass is 10.2. The number of halogens is 1. The molecule has 3 N–H and O–H groups in total. The van der Waals surface area contributed by atoms with Gasteiger partial charge in [-0.2, -0.15) is 0 Å². The van der Waals surface area contributed by atoms with Crippen LogP contribution in [-0.2, 0) is 10.5 Å². The van der Waals surface area contributed by atoms with E-state index in [0.29, 0.717) is 16.5 Å². The van der Waals surface area contributed by atoms with E-state index in [4.69, 9.17) is 11.6 Å². The van der Waals surface area contributed by atoms with Crippen LogP contribution in [0.25, 0.3) is 11.3 Å². The molecule has 0 aliphatic rings. The summed E-state index contributed by atoms with van der Waals surface area (Å²) in [6, 6.07) is 16.1. The molecule has 3 rings (SSSR count). The van der Waals surface area contributed by atoms with E-state index in [9.17, 15) is 9.59 Å². The van der Waals surface area contributed by atoms with E-state index in [1.165, 1.54) is 11.8 Å². The van der Waals surface area contributed by atoms with E-state index in [1.807, 2.05) is 35.7 Å². The molecule has 0 saturated carbocycles. The SMILES string of the molecule is O=C(CSCc1nc(-c2ccccc2)cs1)NNC(=O)Nc1ccc(Cl)cc1. The molecule has 0 radical (unpaired) electrons. The second kappa shape index (κ2) is 10.1. The molecule has 1 aromatic heterocycles. The van der Waals surface area contributed by atoms with Crippen molar-refractivity contribution in [2.24, 2.45) is 0 Å². The molecular formula is C19H17ClN4O2S2. The Balaban J connectivity index is 1.36. The maximum absolute atomic E-state index is 11.9. The first-order valence-corrected chi connectivity index (χ1v) is 10.7. The Kier molecular flexibility index (Phi) is 7.30. The molecule has 2 aromatic carbocycles. The van der Waals surface area contributed by atoms with Crippen LogP contribution >= 0.6 is 34.7 Å². The standard InChI is InChI=1S/C19H17ClN4O2S2/c20-14-6-8-15(9-7-14)21-19(26)24-23-17(25)11-27-12-18-22-16(10-28-18)13-4-2-1-3-5-13/h1-10H,11-12H2,(H,23,25)(H2,21,24,26). The smallest absolute Gasteiger partial charge is 0.307 e. The first-order valence-electron chi connectivity index (χ1n) is 8.29. The summed E-state index contributed by atoms with van der Waals surface area (Å²) < 4.78 is 0. The van der Waals surface area contributed by atoms with Gasteiger partial charge in [-0.15, -0.1) is 23.1 Å². The molecule has 0 fully saturated rings. The van der Waals surface area contributed by atoms with Gasteiger partial charge in [0.2, 0.25) is 5.91 Å². The maximum atomic E-state index is 11.9. The monoisotopic (exact) mass is 432 g/mol. The quantitative estimate of drug-likeness (QED) is 0.499. The first-order chi connectivity index (χ1) is 13.6. The number of carbonyl (C=O) groups excluding carboxylic acids is 2. The van der Waals surface area contributed by atoms with Crippen molar-refractivity contribution < 1.29 is 9.59 Å². The molecule has 0 aliphatic heterocycles. The van der Waals surface area contributed by atoms with Gasteiger partial charge in [-0.3, -0.25) is 10.2 Å². The number of hydrazine groups is 1. The van der Waals surface area contributed by atoms with Gasteiger partial charge in [-0.05, 0) is 24.3 Å². The Labute approximate surface area is 175 Å². The van der Waals surface area contributed by atoms with Crippen molar-refractivity contribution in [2.45, 2.75) is 5.75 Å². The van der Waals surface area contributed by atoms with Crippen LogP contribution < -0.4 is 16.2 Å². The lowest BCUT2D eigenvalue weighted by molar-refractivity contribution is -0.119. The van der Waals surface area contributed by atoms with Gasteiger partial charge in [0.1, 0.15) is 5.01 Å². The highest BCUT2D eigenvalue weighted by Crippen LogP contribution is 2.24. The Bertz CT molecular complexity index is 933. The number of hydrogen-bond acceptors (Lipinski definition) is 5. The van der Waals surface area contributed by atoms with Crippen LogP contribution in [0.3, 0.4) is 0 Å². The molecule has 0 unspecified atom stereocenters. The fourth-order valence-corrected chi connectivity index (χ4v) is 4.04. The van der Waals surface area contributed by atoms with E-state index < -0.39 is 6.03 Å². The molecule has 0 bridgehead atoms. The number of urea groups is 1. The van der Waals surface area contributed by atoms with Crippen LogP contribution in [-0.4, -0.2) is 22.7 Å². The summed E-state index contributed by atoms with van der Waals surface area (Å²) in [6.07, 6.45) is 0. The average Bonchev–Trinajstić information content (AvgIpc) is 3.18. The predicted octanol–water partition coefficient (Wildman–Crippen LogP) is 4.55. The van der Waals surface area contributed by atoms with Crippen LogP contribution in [0.5, 0.6) is 0 Å². The van der Waals surface area contributed by atoms with Crippen molar-refractivity contribution in [3.63, 3.8) is 0 Å². The number of thioether (sulfide) groups is 1. The number of aromatic nitrogens is 1. The molecule has 3 aromatic rings. The highest BCUT2D eigenvalue weighted by atomic mass is 35.5. The van der Waals surface area contributed by atoms with Crippen LogP contribution in [0.15, 0.2) is 60.0 Å². The molecule has 9 heteroatoms. The number of rotatable bonds is 6. The summed E-state index contributed by atoms with van der Waals surface area (Å²) in [5.74, 6) is 0.541. The Morgan fingerprint density at radius 1 is 1.04 bits per heavy atom. The van der Waals surface area contributed by atoms with E-state index in [1.54, 1.807) is 35.6 Å². The zero-order chi connectivity index (χ0) is 19.8. The van der Waals surface area contributed by atoms with Crippen LogP contribution in [0.1, 0.15) is 5.01 Å². The fourth-order valence-electron chi connectivity index (χ4n) is 2.21. The third-order valence-electron chi connectivity index (χ3n) is 3.50. The summed E-state index contributed by atoms with van der Waals surface area (Å²) in [4.78, 5) is 28.2. The van der Waals surface area contributed by atoms with Crippen molar-refractivity contribution in [2.75, 3.05) is 11.1 Å². The number of amides is 3. The molecule has 0 atom stereocenters. The second-order valence-electron chi connectivity index (χ2n) is 5.62. The summed E-state index contributed by atoms with van der Waals surface area (Å²) in [7, 11) is 0. The van der Waals surface area contributed by atoms with E-state index in [-0.39, 0.29) is 11.7 Å². The topological polar surface area (TPSA) is 83.1 Å². The zero-order valence-electron chi connectivity index (χ0n) is 14.6. The van der Waals surface area contributed by atoms with Gasteiger partial charge in [0, 0.05) is 27.4 Å². The third-order valence-corrected chi connectivity index (χ3v) is 5.72. The van der Waals surface area contributed by atoms with E-state index >= 15 is 0 Å². The van der Waals surface area contributed by atoms with Crippen molar-refractivity contribution in [1.29, 1.82) is 0 Å². The molecule has 6 nitrogen and oxygen atoms in total. The molecule has 0 aliphatic carbocycles. The van der Waals surface area contributed by atoms with E-state index in [0.717, 1.165) is 16.3 Å². The van der Waals surface area contributed by atoms with Crippen LogP contribution in [0.4, 0.5) is 10.5 Å². The number of benzene rings is 2. The molecule has 0 saturated heterocycles. The van der Waals surface area contributed by atoms with Gasteiger partial charge in [-0.25, -0.2) is 15.2 Å². The highest BCUT2D eigenvalue weighted by Gasteiger charge is 2.08. The van der Waals surface area contributed by atoms with Gasteiger partial charge < -0.3 is 5.32 Å². The number of carbonyl (C=O) groups is 2. The molecule has 144 valence electrons. The van der Waals surface area contributed by atoms with Crippen molar-refractivity contribution >= 4 is 52.3 Å². The average molecular weight is 433 g/mol. The van der Waals surface area contributed by atoms with Crippen molar-refractivity contribution in [3.05, 3.63) is 70.0 Å². The minimum absolute atomic E-state index is 0.210. The van der Waals surface area contributed by atoms with Gasteiger partial charge in [-0.1, -0.05) is 41.9 Å². The Morgan fingerprint density at radius 3 is 2.54 bits per heavy atom. The highest BCUT2D eigenvalue weighted by molar-refractivity contribution is 7.99. The number of hydrogen-bond donors (Lipinski definition) is 3. The number of nitrogens with one attached hydrogen (secondary N) is 3. The molecule has 1 heterocycles. The summed E-state index contributed by atoms with van der Waals surface area (Å²) in [5.41, 5.74) is 7.26. The minimum atomic E-state index is -0.534. The summed E-state index contributed by atoms with van der Waals surface area (Å²) in [6.45, 7) is 0. The lowest BCUT2D eigenvalue weighted by Gasteiger charge is -2.08. The Morgan fingerprint density at radius 2 is 1.79 bits per heavy atom. The Hall–Kier alpha value is -2.55. The number of nitrogens with zero attached hydrogens (tertiary/aromatic N) is 1. The first kappa shape index (κ1) is 20.2. The minimum Gasteiger partial charge on any atom is -0.307 e. The predicted molar refractivity (Wildman–Crippen MR) is 115 cm³/mol. The maximum Gasteiger partial charge on any atom is 0.337 e.